The van der Waals surface area contributed by atoms with Gasteiger partial charge in [0, 0.05) is 17.9 Å². The van der Waals surface area contributed by atoms with E-state index in [1.165, 1.54) is 0 Å². The second kappa shape index (κ2) is 12.4. The van der Waals surface area contributed by atoms with Crippen molar-refractivity contribution in [1.82, 2.24) is 10.6 Å². The second-order valence-corrected chi connectivity index (χ2v) is 8.12. The zero-order valence-corrected chi connectivity index (χ0v) is 19.1. The van der Waals surface area contributed by atoms with Crippen LogP contribution in [-0.2, 0) is 33.8 Å². The normalized spacial score (nSPS) is 12.3. The zero-order valence-electron chi connectivity index (χ0n) is 18.3. The summed E-state index contributed by atoms with van der Waals surface area (Å²) in [5.41, 5.74) is 2.26. The first-order valence-corrected chi connectivity index (χ1v) is 11.1. The Balaban J connectivity index is 1.69. The van der Waals surface area contributed by atoms with Gasteiger partial charge in [0.2, 0.25) is 5.91 Å². The van der Waals surface area contributed by atoms with E-state index in [0.717, 1.165) is 11.1 Å². The largest absolute Gasteiger partial charge is 0.480 e. The molecule has 0 heterocycles. The van der Waals surface area contributed by atoms with Crippen molar-refractivity contribution in [2.75, 3.05) is 0 Å². The van der Waals surface area contributed by atoms with Crippen molar-refractivity contribution in [1.29, 1.82) is 0 Å². The van der Waals surface area contributed by atoms with Gasteiger partial charge in [-0.15, -0.1) is 0 Å². The fraction of sp³-hybridized carbons (Fsp3) is 0.192. The Morgan fingerprint density at radius 3 is 1.97 bits per heavy atom. The van der Waals surface area contributed by atoms with Gasteiger partial charge in [-0.25, -0.2) is 9.59 Å². The van der Waals surface area contributed by atoms with Crippen molar-refractivity contribution in [2.45, 2.75) is 31.5 Å². The van der Waals surface area contributed by atoms with E-state index >= 15 is 0 Å². The summed E-state index contributed by atoms with van der Waals surface area (Å²) in [4.78, 5) is 37.3. The molecule has 3 aromatic carbocycles. The molecule has 8 heteroatoms. The van der Waals surface area contributed by atoms with Gasteiger partial charge in [0.05, 0.1) is 0 Å². The van der Waals surface area contributed by atoms with Gasteiger partial charge in [0.1, 0.15) is 18.7 Å². The van der Waals surface area contributed by atoms with Crippen LogP contribution in [0.15, 0.2) is 84.9 Å². The summed E-state index contributed by atoms with van der Waals surface area (Å²) in [6.45, 7) is 0.0405. The molecular weight excluding hydrogens is 456 g/mol. The Hall–Kier alpha value is -3.84. The Labute approximate surface area is 202 Å². The van der Waals surface area contributed by atoms with Crippen LogP contribution in [0.5, 0.6) is 0 Å². The molecule has 3 N–H and O–H groups in total. The number of hydrogen-bond donors (Lipinski definition) is 3. The van der Waals surface area contributed by atoms with Crippen LogP contribution in [0.4, 0.5) is 4.79 Å². The molecule has 3 aromatic rings. The van der Waals surface area contributed by atoms with Gasteiger partial charge in [-0.2, -0.15) is 0 Å². The molecule has 0 fully saturated rings. The van der Waals surface area contributed by atoms with Crippen molar-refractivity contribution in [3.05, 3.63) is 107 Å². The summed E-state index contributed by atoms with van der Waals surface area (Å²) in [7, 11) is 0. The highest BCUT2D eigenvalue weighted by atomic mass is 35.5. The van der Waals surface area contributed by atoms with E-state index in [-0.39, 0.29) is 19.4 Å². The van der Waals surface area contributed by atoms with Gasteiger partial charge >= 0.3 is 12.1 Å². The zero-order chi connectivity index (χ0) is 24.3. The third-order valence-electron chi connectivity index (χ3n) is 5.05. The number of ether oxygens (including phenoxy) is 1. The summed E-state index contributed by atoms with van der Waals surface area (Å²) in [6, 6.07) is 22.8. The predicted molar refractivity (Wildman–Crippen MR) is 128 cm³/mol. The van der Waals surface area contributed by atoms with E-state index in [4.69, 9.17) is 16.3 Å². The summed E-state index contributed by atoms with van der Waals surface area (Å²) in [5, 5.41) is 15.2. The van der Waals surface area contributed by atoms with Gasteiger partial charge < -0.3 is 20.5 Å². The fourth-order valence-electron chi connectivity index (χ4n) is 3.34. The van der Waals surface area contributed by atoms with Crippen LogP contribution in [0.2, 0.25) is 5.02 Å². The monoisotopic (exact) mass is 480 g/mol. The maximum Gasteiger partial charge on any atom is 0.408 e. The van der Waals surface area contributed by atoms with Crippen molar-refractivity contribution < 1.29 is 24.2 Å². The topological polar surface area (TPSA) is 105 Å². The Morgan fingerprint density at radius 1 is 0.765 bits per heavy atom. The number of benzene rings is 3. The van der Waals surface area contributed by atoms with Crippen LogP contribution in [-0.4, -0.2) is 35.2 Å². The average molecular weight is 481 g/mol. The first-order valence-electron chi connectivity index (χ1n) is 10.7. The summed E-state index contributed by atoms with van der Waals surface area (Å²) in [5.74, 6) is -1.83. The molecule has 0 unspecified atom stereocenters. The van der Waals surface area contributed by atoms with Crippen molar-refractivity contribution in [2.24, 2.45) is 0 Å². The van der Waals surface area contributed by atoms with Crippen LogP contribution < -0.4 is 10.6 Å². The first kappa shape index (κ1) is 24.8. The number of halogens is 1. The molecule has 0 aliphatic heterocycles. The summed E-state index contributed by atoms with van der Waals surface area (Å²) in [6.07, 6.45) is -0.573. The molecule has 0 saturated carbocycles. The van der Waals surface area contributed by atoms with Crippen LogP contribution in [0, 0.1) is 0 Å². The van der Waals surface area contributed by atoms with E-state index in [9.17, 15) is 19.5 Å². The van der Waals surface area contributed by atoms with Crippen molar-refractivity contribution >= 4 is 29.6 Å². The van der Waals surface area contributed by atoms with E-state index in [0.29, 0.717) is 10.6 Å². The number of alkyl carbamates (subject to hydrolysis) is 1. The molecule has 0 saturated heterocycles. The van der Waals surface area contributed by atoms with Gasteiger partial charge in [-0.1, -0.05) is 84.4 Å². The third-order valence-corrected chi connectivity index (χ3v) is 5.28. The smallest absolute Gasteiger partial charge is 0.408 e. The molecule has 3 rings (SSSR count). The lowest BCUT2D eigenvalue weighted by atomic mass is 10.0. The Morgan fingerprint density at radius 2 is 1.35 bits per heavy atom. The second-order valence-electron chi connectivity index (χ2n) is 7.68. The van der Waals surface area contributed by atoms with Crippen LogP contribution in [0.3, 0.4) is 0 Å². The molecule has 0 radical (unpaired) electrons. The van der Waals surface area contributed by atoms with E-state index < -0.39 is 30.1 Å². The number of amides is 2. The minimum absolute atomic E-state index is 0.0398. The van der Waals surface area contributed by atoms with Crippen LogP contribution in [0.25, 0.3) is 0 Å². The maximum atomic E-state index is 13.1. The van der Waals surface area contributed by atoms with Crippen LogP contribution in [0.1, 0.15) is 16.7 Å². The van der Waals surface area contributed by atoms with Gasteiger partial charge in [0.15, 0.2) is 0 Å². The lowest BCUT2D eigenvalue weighted by molar-refractivity contribution is -0.142. The molecule has 0 aromatic heterocycles. The minimum atomic E-state index is -1.20. The van der Waals surface area contributed by atoms with Crippen LogP contribution >= 0.6 is 11.6 Å². The molecule has 7 nitrogen and oxygen atoms in total. The van der Waals surface area contributed by atoms with E-state index in [1.54, 1.807) is 24.3 Å². The Kier molecular flexibility index (Phi) is 9.05. The van der Waals surface area contributed by atoms with Crippen molar-refractivity contribution in [3.8, 4) is 0 Å². The molecular formula is C26H25ClN2O5. The quantitative estimate of drug-likeness (QED) is 0.407. The highest BCUT2D eigenvalue weighted by Gasteiger charge is 2.27. The number of aliphatic carboxylic acids is 1. The third kappa shape index (κ3) is 7.94. The predicted octanol–water partition coefficient (Wildman–Crippen LogP) is 3.99. The van der Waals surface area contributed by atoms with E-state index in [1.807, 2.05) is 60.7 Å². The minimum Gasteiger partial charge on any atom is -0.480 e. The highest BCUT2D eigenvalue weighted by Crippen LogP contribution is 2.13. The number of carboxylic acids is 1. The Bertz CT molecular complexity index is 1110. The van der Waals surface area contributed by atoms with Gasteiger partial charge in [-0.3, -0.25) is 4.79 Å². The van der Waals surface area contributed by atoms with Gasteiger partial charge in [-0.05, 0) is 28.8 Å². The summed E-state index contributed by atoms with van der Waals surface area (Å²) < 4.78 is 5.25. The number of carbonyl (C=O) groups excluding carboxylic acids is 2. The first-order chi connectivity index (χ1) is 16.4. The molecule has 0 bridgehead atoms. The summed E-state index contributed by atoms with van der Waals surface area (Å²) >= 11 is 5.99. The fourth-order valence-corrected chi connectivity index (χ4v) is 3.55. The molecule has 2 atom stereocenters. The molecule has 0 aliphatic rings. The lowest BCUT2D eigenvalue weighted by Crippen LogP contribution is -2.53. The van der Waals surface area contributed by atoms with E-state index in [2.05, 4.69) is 10.6 Å². The van der Waals surface area contributed by atoms with Gasteiger partial charge in [0.25, 0.3) is 0 Å². The number of hydrogen-bond acceptors (Lipinski definition) is 4. The molecule has 176 valence electrons. The lowest BCUT2D eigenvalue weighted by Gasteiger charge is -2.21. The number of carboxylic acid groups (broad SMARTS) is 1. The van der Waals surface area contributed by atoms with Crippen molar-refractivity contribution in [3.63, 3.8) is 0 Å². The average Bonchev–Trinajstić information content (AvgIpc) is 2.83. The molecule has 0 aliphatic carbocycles. The number of nitrogens with one attached hydrogen (secondary N) is 2. The number of rotatable bonds is 10. The SMILES string of the molecule is O=C(N[C@H](Cc1ccccc1)C(=O)N[C@H](Cc1cccc(Cl)c1)C(=O)O)OCc1ccccc1. The molecule has 0 spiro atoms. The highest BCUT2D eigenvalue weighted by molar-refractivity contribution is 6.30. The molecule has 34 heavy (non-hydrogen) atoms. The standard InChI is InChI=1S/C26H25ClN2O5/c27-21-13-7-12-20(14-21)16-23(25(31)32)28-24(30)22(15-18-8-3-1-4-9-18)29-26(33)34-17-19-10-5-2-6-11-19/h1-14,22-23H,15-17H2,(H,28,30)(H,29,33)(H,31,32)/t22-,23-/m1/s1. The number of carbonyl (C=O) groups is 3. The maximum absolute atomic E-state index is 13.1. The molecule has 2 amide bonds.